The minimum absolute atomic E-state index is 0. The van der Waals surface area contributed by atoms with Crippen LogP contribution < -0.4 is 4.90 Å². The van der Waals surface area contributed by atoms with Crippen LogP contribution in [0.15, 0.2) is 36.9 Å². The van der Waals surface area contributed by atoms with E-state index < -0.39 is 5.92 Å². The van der Waals surface area contributed by atoms with Gasteiger partial charge in [-0.15, -0.1) is 12.4 Å². The topological polar surface area (TPSA) is 60.9 Å². The van der Waals surface area contributed by atoms with Gasteiger partial charge in [-0.25, -0.2) is 9.97 Å². The monoisotopic (exact) mass is 422 g/mol. The van der Waals surface area contributed by atoms with Crippen LogP contribution in [0.4, 0.5) is 14.6 Å². The number of H-pyrrole nitrogens is 1. The molecule has 6 nitrogen and oxygen atoms in total. The predicted molar refractivity (Wildman–Crippen MR) is 112 cm³/mol. The fraction of sp³-hybridized carbons (Fsp3) is 0.450. The van der Waals surface area contributed by atoms with Gasteiger partial charge in [-0.2, -0.15) is 8.78 Å². The number of nitrogens with one attached hydrogen (secondary N) is 1. The molecule has 0 unspecified atom stereocenters. The van der Waals surface area contributed by atoms with Gasteiger partial charge in [-0.1, -0.05) is 6.07 Å². The van der Waals surface area contributed by atoms with E-state index in [9.17, 15) is 8.78 Å². The molecule has 1 N–H and O–H groups in total. The van der Waals surface area contributed by atoms with Crippen LogP contribution in [0.25, 0.3) is 11.0 Å². The molecule has 0 radical (unpaired) electrons. The number of pyridine rings is 1. The van der Waals surface area contributed by atoms with Crippen molar-refractivity contribution in [2.75, 3.05) is 31.6 Å². The Bertz CT molecular complexity index is 938. The fourth-order valence-corrected chi connectivity index (χ4v) is 3.82. The summed E-state index contributed by atoms with van der Waals surface area (Å²) in [5, 5.41) is 0.976. The Morgan fingerprint density at radius 3 is 2.62 bits per heavy atom. The van der Waals surface area contributed by atoms with Gasteiger partial charge in [0, 0.05) is 38.6 Å². The van der Waals surface area contributed by atoms with Crippen LogP contribution in [-0.4, -0.2) is 57.6 Å². The minimum Gasteiger partial charge on any atom is -0.356 e. The van der Waals surface area contributed by atoms with Crippen molar-refractivity contribution < 1.29 is 8.78 Å². The molecule has 3 aromatic rings. The van der Waals surface area contributed by atoms with Crippen LogP contribution >= 0.6 is 12.4 Å². The first-order valence-electron chi connectivity index (χ1n) is 9.48. The number of halogens is 3. The van der Waals surface area contributed by atoms with E-state index in [4.69, 9.17) is 0 Å². The molecular formula is C20H25ClF2N6. The third kappa shape index (κ3) is 4.48. The zero-order chi connectivity index (χ0) is 19.7. The molecule has 1 fully saturated rings. The number of fused-ring (bicyclic) bond motifs is 1. The highest BCUT2D eigenvalue weighted by Gasteiger charge is 2.37. The highest BCUT2D eigenvalue weighted by atomic mass is 35.5. The SMILES string of the molecule is Cc1ccc(C(F)(F)CN2CCC(N(C)c3ncnc4[nH]ccc34)CC2)nc1.Cl. The van der Waals surface area contributed by atoms with Crippen LogP contribution in [0, 0.1) is 6.92 Å². The van der Waals surface area contributed by atoms with Crippen LogP contribution in [0.5, 0.6) is 0 Å². The number of aromatic amines is 1. The maximum Gasteiger partial charge on any atom is 0.302 e. The fourth-order valence-electron chi connectivity index (χ4n) is 3.82. The molecule has 4 rings (SSSR count). The molecule has 0 spiro atoms. The maximum absolute atomic E-state index is 14.6. The lowest BCUT2D eigenvalue weighted by atomic mass is 10.0. The largest absolute Gasteiger partial charge is 0.356 e. The van der Waals surface area contributed by atoms with Gasteiger partial charge in [-0.3, -0.25) is 9.88 Å². The lowest BCUT2D eigenvalue weighted by Crippen LogP contribution is -2.46. The Morgan fingerprint density at radius 2 is 1.93 bits per heavy atom. The van der Waals surface area contributed by atoms with E-state index in [0.717, 1.165) is 35.3 Å². The van der Waals surface area contributed by atoms with Crippen LogP contribution in [0.3, 0.4) is 0 Å². The highest BCUT2D eigenvalue weighted by molar-refractivity contribution is 5.87. The zero-order valence-corrected chi connectivity index (χ0v) is 17.3. The highest BCUT2D eigenvalue weighted by Crippen LogP contribution is 2.30. The van der Waals surface area contributed by atoms with Crippen molar-refractivity contribution in [3.8, 4) is 0 Å². The van der Waals surface area contributed by atoms with E-state index in [-0.39, 0.29) is 30.7 Å². The molecule has 9 heteroatoms. The Kier molecular flexibility index (Phi) is 6.33. The summed E-state index contributed by atoms with van der Waals surface area (Å²) in [5.41, 5.74) is 1.53. The van der Waals surface area contributed by atoms with E-state index in [2.05, 4.69) is 24.8 Å². The van der Waals surface area contributed by atoms with Gasteiger partial charge in [-0.05, 0) is 37.5 Å². The van der Waals surface area contributed by atoms with Gasteiger partial charge >= 0.3 is 5.92 Å². The third-order valence-electron chi connectivity index (χ3n) is 5.48. The van der Waals surface area contributed by atoms with Crippen molar-refractivity contribution in [1.82, 2.24) is 24.8 Å². The number of alkyl halides is 2. The summed E-state index contributed by atoms with van der Waals surface area (Å²) in [6.45, 7) is 2.79. The normalized spacial score (nSPS) is 16.0. The number of aryl methyl sites for hydroxylation is 1. The molecule has 0 saturated carbocycles. The number of anilines is 1. The zero-order valence-electron chi connectivity index (χ0n) is 16.5. The summed E-state index contributed by atoms with van der Waals surface area (Å²) < 4.78 is 29.2. The van der Waals surface area contributed by atoms with Gasteiger partial charge in [0.25, 0.3) is 0 Å². The molecule has 4 heterocycles. The molecular weight excluding hydrogens is 398 g/mol. The van der Waals surface area contributed by atoms with Gasteiger partial charge in [0.2, 0.25) is 0 Å². The van der Waals surface area contributed by atoms with Gasteiger partial charge in [0.1, 0.15) is 23.5 Å². The van der Waals surface area contributed by atoms with Crippen molar-refractivity contribution in [3.63, 3.8) is 0 Å². The van der Waals surface area contributed by atoms with Gasteiger partial charge in [0.15, 0.2) is 0 Å². The van der Waals surface area contributed by atoms with E-state index in [1.807, 2.05) is 31.1 Å². The molecule has 0 aliphatic carbocycles. The molecule has 0 bridgehead atoms. The molecule has 29 heavy (non-hydrogen) atoms. The lowest BCUT2D eigenvalue weighted by Gasteiger charge is -2.38. The van der Waals surface area contributed by atoms with Crippen molar-refractivity contribution >= 4 is 29.3 Å². The second kappa shape index (κ2) is 8.59. The van der Waals surface area contributed by atoms with Crippen molar-refractivity contribution in [2.24, 2.45) is 0 Å². The Balaban J connectivity index is 0.00000240. The first kappa shape index (κ1) is 21.4. The van der Waals surface area contributed by atoms with Crippen LogP contribution in [0.2, 0.25) is 0 Å². The Labute approximate surface area is 174 Å². The molecule has 0 atom stereocenters. The minimum atomic E-state index is -2.95. The smallest absolute Gasteiger partial charge is 0.302 e. The van der Waals surface area contributed by atoms with E-state index in [0.29, 0.717) is 13.1 Å². The molecule has 1 aliphatic heterocycles. The lowest BCUT2D eigenvalue weighted by molar-refractivity contribution is -0.0461. The second-order valence-corrected chi connectivity index (χ2v) is 7.48. The quantitative estimate of drug-likeness (QED) is 0.678. The first-order valence-corrected chi connectivity index (χ1v) is 9.48. The van der Waals surface area contributed by atoms with Crippen molar-refractivity contribution in [2.45, 2.75) is 31.7 Å². The van der Waals surface area contributed by atoms with E-state index in [1.165, 1.54) is 12.3 Å². The molecule has 156 valence electrons. The molecule has 1 saturated heterocycles. The van der Waals surface area contributed by atoms with E-state index >= 15 is 0 Å². The van der Waals surface area contributed by atoms with Crippen molar-refractivity contribution in [3.05, 3.63) is 48.2 Å². The van der Waals surface area contributed by atoms with Crippen LogP contribution in [-0.2, 0) is 5.92 Å². The average Bonchev–Trinajstić information content (AvgIpc) is 3.17. The second-order valence-electron chi connectivity index (χ2n) is 7.48. The summed E-state index contributed by atoms with van der Waals surface area (Å²) in [6.07, 6.45) is 6.51. The van der Waals surface area contributed by atoms with Gasteiger partial charge < -0.3 is 9.88 Å². The average molecular weight is 423 g/mol. The molecule has 0 aromatic carbocycles. The number of likely N-dealkylation sites (tertiary alicyclic amines) is 1. The third-order valence-corrected chi connectivity index (χ3v) is 5.48. The standard InChI is InChI=1S/C20H24F2N6.ClH/c1-14-3-4-17(24-11-14)20(21,22)12-28-9-6-15(7-10-28)27(2)19-16-5-8-23-18(16)25-13-26-19;/h3-5,8,11,13,15H,6-7,9-10,12H2,1-2H3,(H,23,25,26);1H. The predicted octanol–water partition coefficient (Wildman–Crippen LogP) is 3.78. The number of aromatic nitrogens is 4. The van der Waals surface area contributed by atoms with Crippen molar-refractivity contribution in [1.29, 1.82) is 0 Å². The number of nitrogens with zero attached hydrogens (tertiary/aromatic N) is 5. The van der Waals surface area contributed by atoms with Gasteiger partial charge in [0.05, 0.1) is 11.9 Å². The Morgan fingerprint density at radius 1 is 1.17 bits per heavy atom. The number of piperidine rings is 1. The maximum atomic E-state index is 14.6. The number of hydrogen-bond donors (Lipinski definition) is 1. The summed E-state index contributed by atoms with van der Waals surface area (Å²) in [5.74, 6) is -2.07. The molecule has 0 amide bonds. The summed E-state index contributed by atoms with van der Waals surface area (Å²) in [4.78, 5) is 19.7. The van der Waals surface area contributed by atoms with E-state index in [1.54, 1.807) is 12.4 Å². The summed E-state index contributed by atoms with van der Waals surface area (Å²) >= 11 is 0. The molecule has 3 aromatic heterocycles. The first-order chi connectivity index (χ1) is 13.4. The number of hydrogen-bond acceptors (Lipinski definition) is 5. The summed E-state index contributed by atoms with van der Waals surface area (Å²) in [6, 6.07) is 5.33. The Hall–Kier alpha value is -2.32. The molecule has 1 aliphatic rings. The number of rotatable bonds is 5. The van der Waals surface area contributed by atoms with Crippen LogP contribution in [0.1, 0.15) is 24.1 Å². The summed E-state index contributed by atoms with van der Waals surface area (Å²) in [7, 11) is 2.01.